The smallest absolute Gasteiger partial charge is 0.0931 e. The molecule has 1 aliphatic heterocycles. The van der Waals surface area contributed by atoms with Gasteiger partial charge in [0.2, 0.25) is 0 Å². The molecule has 0 aromatic carbocycles. The van der Waals surface area contributed by atoms with Crippen molar-refractivity contribution >= 4 is 0 Å². The van der Waals surface area contributed by atoms with E-state index in [1.807, 2.05) is 7.11 Å². The van der Waals surface area contributed by atoms with E-state index < -0.39 is 0 Å². The van der Waals surface area contributed by atoms with E-state index in [0.717, 1.165) is 19.6 Å². The Morgan fingerprint density at radius 2 is 2.14 bits per heavy atom. The molecule has 0 bridgehead atoms. The Kier molecular flexibility index (Phi) is 4.35. The molecule has 84 valence electrons. The number of methoxy groups -OCH3 is 1. The number of likely N-dealkylation sites (N-methyl/N-ethyl adjacent to an activating group) is 2. The molecule has 0 aliphatic carbocycles. The second-order valence-corrected chi connectivity index (χ2v) is 4.60. The summed E-state index contributed by atoms with van der Waals surface area (Å²) in [5.41, 5.74) is 0.0672. The monoisotopic (exact) mass is 200 g/mol. The zero-order valence-corrected chi connectivity index (χ0v) is 10.0. The van der Waals surface area contributed by atoms with Crippen LogP contribution in [-0.2, 0) is 4.74 Å². The summed E-state index contributed by atoms with van der Waals surface area (Å²) in [5.74, 6) is 0. The molecule has 1 atom stereocenters. The molecule has 0 aromatic rings. The fourth-order valence-electron chi connectivity index (χ4n) is 2.40. The first-order valence-electron chi connectivity index (χ1n) is 5.54. The Hall–Kier alpha value is -0.120. The number of rotatable bonds is 4. The molecular formula is C11H24N2O. The molecule has 1 saturated heterocycles. The maximum atomic E-state index is 5.74. The summed E-state index contributed by atoms with van der Waals surface area (Å²) in [6, 6.07) is 0. The predicted molar refractivity (Wildman–Crippen MR) is 59.6 cm³/mol. The van der Waals surface area contributed by atoms with Gasteiger partial charge < -0.3 is 14.5 Å². The topological polar surface area (TPSA) is 15.7 Å². The Balaban J connectivity index is 2.58. The average molecular weight is 200 g/mol. The Labute approximate surface area is 88.0 Å². The van der Waals surface area contributed by atoms with E-state index in [2.05, 4.69) is 30.8 Å². The van der Waals surface area contributed by atoms with Crippen molar-refractivity contribution in [1.29, 1.82) is 0 Å². The first-order chi connectivity index (χ1) is 6.62. The summed E-state index contributed by atoms with van der Waals surface area (Å²) < 4.78 is 5.74. The van der Waals surface area contributed by atoms with Gasteiger partial charge in [-0.25, -0.2) is 0 Å². The average Bonchev–Trinajstić information content (AvgIpc) is 2.17. The largest absolute Gasteiger partial charge is 0.376 e. The molecule has 0 radical (unpaired) electrons. The molecular weight excluding hydrogens is 176 g/mol. The van der Waals surface area contributed by atoms with Crippen LogP contribution in [0.4, 0.5) is 0 Å². The number of ether oxygens (including phenoxy) is 1. The van der Waals surface area contributed by atoms with E-state index >= 15 is 0 Å². The maximum Gasteiger partial charge on any atom is 0.0931 e. The van der Waals surface area contributed by atoms with Gasteiger partial charge in [0.05, 0.1) is 5.60 Å². The van der Waals surface area contributed by atoms with Crippen molar-refractivity contribution in [3.8, 4) is 0 Å². The number of piperidine rings is 1. The Bertz CT molecular complexity index is 173. The van der Waals surface area contributed by atoms with E-state index in [4.69, 9.17) is 4.74 Å². The quantitative estimate of drug-likeness (QED) is 0.674. The van der Waals surface area contributed by atoms with Crippen LogP contribution in [0.3, 0.4) is 0 Å². The van der Waals surface area contributed by atoms with Gasteiger partial charge in [0, 0.05) is 20.2 Å². The fourth-order valence-corrected chi connectivity index (χ4v) is 2.40. The van der Waals surface area contributed by atoms with Crippen LogP contribution in [0.15, 0.2) is 0 Å². The van der Waals surface area contributed by atoms with Gasteiger partial charge in [-0.15, -0.1) is 0 Å². The lowest BCUT2D eigenvalue weighted by Gasteiger charge is -2.43. The van der Waals surface area contributed by atoms with E-state index in [0.29, 0.717) is 0 Å². The number of likely N-dealkylation sites (tertiary alicyclic amines) is 1. The summed E-state index contributed by atoms with van der Waals surface area (Å²) >= 11 is 0. The summed E-state index contributed by atoms with van der Waals surface area (Å²) in [6.45, 7) is 6.70. The lowest BCUT2D eigenvalue weighted by molar-refractivity contribution is -0.0759. The molecule has 0 aromatic heterocycles. The van der Waals surface area contributed by atoms with Crippen LogP contribution >= 0.6 is 0 Å². The zero-order chi connectivity index (χ0) is 10.6. The molecule has 1 aliphatic rings. The number of nitrogens with zero attached hydrogens (tertiary/aromatic N) is 2. The van der Waals surface area contributed by atoms with Gasteiger partial charge in [-0.05, 0) is 40.0 Å². The van der Waals surface area contributed by atoms with Gasteiger partial charge in [0.15, 0.2) is 0 Å². The Morgan fingerprint density at radius 1 is 1.43 bits per heavy atom. The molecule has 1 rings (SSSR count). The van der Waals surface area contributed by atoms with Crippen LogP contribution in [-0.4, -0.2) is 62.8 Å². The van der Waals surface area contributed by atoms with Gasteiger partial charge in [-0.2, -0.15) is 0 Å². The maximum absolute atomic E-state index is 5.74. The highest BCUT2D eigenvalue weighted by Crippen LogP contribution is 2.24. The normalized spacial score (nSPS) is 29.8. The highest BCUT2D eigenvalue weighted by Gasteiger charge is 2.35. The molecule has 0 unspecified atom stereocenters. The van der Waals surface area contributed by atoms with Crippen molar-refractivity contribution < 1.29 is 4.74 Å². The van der Waals surface area contributed by atoms with Crippen LogP contribution in [0.25, 0.3) is 0 Å². The van der Waals surface area contributed by atoms with Crippen LogP contribution in [0, 0.1) is 0 Å². The SMILES string of the molecule is CCN1CCC[C@](CN(C)C)(OC)C1. The third-order valence-corrected chi connectivity index (χ3v) is 3.10. The van der Waals surface area contributed by atoms with Crippen molar-refractivity contribution in [3.05, 3.63) is 0 Å². The van der Waals surface area contributed by atoms with E-state index in [-0.39, 0.29) is 5.60 Å². The van der Waals surface area contributed by atoms with Gasteiger partial charge in [0.1, 0.15) is 0 Å². The van der Waals surface area contributed by atoms with Crippen LogP contribution in [0.1, 0.15) is 19.8 Å². The third kappa shape index (κ3) is 2.94. The summed E-state index contributed by atoms with van der Waals surface area (Å²) in [5, 5.41) is 0. The minimum absolute atomic E-state index is 0.0672. The zero-order valence-electron chi connectivity index (χ0n) is 10.0. The van der Waals surface area contributed by atoms with Gasteiger partial charge in [-0.1, -0.05) is 6.92 Å². The standard InChI is InChI=1S/C11H24N2O/c1-5-13-8-6-7-11(10-13,14-4)9-12(2)3/h5-10H2,1-4H3/t11-/m1/s1. The van der Waals surface area contributed by atoms with E-state index in [1.165, 1.54) is 19.4 Å². The summed E-state index contributed by atoms with van der Waals surface area (Å²) in [7, 11) is 6.08. The molecule has 3 nitrogen and oxygen atoms in total. The number of hydrogen-bond donors (Lipinski definition) is 0. The lowest BCUT2D eigenvalue weighted by Crippen LogP contribution is -2.54. The number of hydrogen-bond acceptors (Lipinski definition) is 3. The minimum atomic E-state index is 0.0672. The molecule has 1 fully saturated rings. The van der Waals surface area contributed by atoms with Gasteiger partial charge in [-0.3, -0.25) is 0 Å². The van der Waals surface area contributed by atoms with Crippen LogP contribution in [0.2, 0.25) is 0 Å². The van der Waals surface area contributed by atoms with Crippen LogP contribution < -0.4 is 0 Å². The summed E-state index contributed by atoms with van der Waals surface area (Å²) in [6.07, 6.45) is 2.45. The molecule has 0 N–H and O–H groups in total. The summed E-state index contributed by atoms with van der Waals surface area (Å²) in [4.78, 5) is 4.71. The molecule has 3 heteroatoms. The minimum Gasteiger partial charge on any atom is -0.376 e. The Morgan fingerprint density at radius 3 is 2.64 bits per heavy atom. The second kappa shape index (κ2) is 5.10. The van der Waals surface area contributed by atoms with Gasteiger partial charge in [0.25, 0.3) is 0 Å². The first-order valence-corrected chi connectivity index (χ1v) is 5.54. The molecule has 0 amide bonds. The fraction of sp³-hybridized carbons (Fsp3) is 1.00. The van der Waals surface area contributed by atoms with Crippen molar-refractivity contribution in [2.45, 2.75) is 25.4 Å². The van der Waals surface area contributed by atoms with Crippen molar-refractivity contribution in [3.63, 3.8) is 0 Å². The molecule has 14 heavy (non-hydrogen) atoms. The third-order valence-electron chi connectivity index (χ3n) is 3.10. The predicted octanol–water partition coefficient (Wildman–Crippen LogP) is 1.05. The highest BCUT2D eigenvalue weighted by molar-refractivity contribution is 4.90. The lowest BCUT2D eigenvalue weighted by atomic mass is 9.92. The van der Waals surface area contributed by atoms with Crippen molar-refractivity contribution in [2.24, 2.45) is 0 Å². The molecule has 0 saturated carbocycles. The van der Waals surface area contributed by atoms with Crippen molar-refractivity contribution in [1.82, 2.24) is 9.80 Å². The van der Waals surface area contributed by atoms with Gasteiger partial charge >= 0.3 is 0 Å². The first kappa shape index (κ1) is 12.0. The van der Waals surface area contributed by atoms with Crippen LogP contribution in [0.5, 0.6) is 0 Å². The van der Waals surface area contributed by atoms with Crippen molar-refractivity contribution in [2.75, 3.05) is 47.4 Å². The second-order valence-electron chi connectivity index (χ2n) is 4.60. The van der Waals surface area contributed by atoms with E-state index in [1.54, 1.807) is 0 Å². The highest BCUT2D eigenvalue weighted by atomic mass is 16.5. The molecule has 0 spiro atoms. The molecule has 1 heterocycles. The van der Waals surface area contributed by atoms with E-state index in [9.17, 15) is 0 Å².